The lowest BCUT2D eigenvalue weighted by molar-refractivity contribution is -0.137. The highest BCUT2D eigenvalue weighted by molar-refractivity contribution is 6.01. The number of methoxy groups -OCH3 is 1. The number of aliphatic carboxylic acids is 1. The molecule has 1 heterocycles. The van der Waals surface area contributed by atoms with Crippen LogP contribution >= 0.6 is 0 Å². The highest BCUT2D eigenvalue weighted by Gasteiger charge is 2.23. The number of aromatic nitrogens is 2. The predicted molar refractivity (Wildman–Crippen MR) is 135 cm³/mol. The number of halogens is 1. The number of amides is 2. The van der Waals surface area contributed by atoms with Crippen molar-refractivity contribution in [2.24, 2.45) is 11.8 Å². The molecule has 0 saturated carbocycles. The number of carbonyl (C=O) groups is 2. The number of rotatable bonds is 12. The zero-order valence-electron chi connectivity index (χ0n) is 21.3. The molecule has 0 aliphatic heterocycles. The Morgan fingerprint density at radius 3 is 2.17 bits per heavy atom. The monoisotopic (exact) mass is 489 g/mol. The van der Waals surface area contributed by atoms with Crippen molar-refractivity contribution >= 4 is 29.1 Å². The molecule has 0 aliphatic rings. The van der Waals surface area contributed by atoms with E-state index < -0.39 is 23.7 Å². The maximum absolute atomic E-state index is 15.3. The Labute approximate surface area is 206 Å². The van der Waals surface area contributed by atoms with Crippen molar-refractivity contribution in [2.75, 3.05) is 35.7 Å². The molecule has 2 amide bonds. The number of hydrogen-bond acceptors (Lipinski definition) is 6. The Hall–Kier alpha value is -3.43. The second kappa shape index (κ2) is 12.9. The van der Waals surface area contributed by atoms with Crippen LogP contribution in [-0.2, 0) is 4.79 Å². The van der Waals surface area contributed by atoms with Gasteiger partial charge in [-0.3, -0.25) is 4.79 Å². The highest BCUT2D eigenvalue weighted by Crippen LogP contribution is 2.36. The standard InChI is InChI=1S/C25H36FN5O4/c1-7-17(8-23(32)33)19-9-21(30-24(34)29-18-11-27-25(35-6)28-12-18)22(10-20(19)26)31(13-15(2)3)14-16(4)5/h9-12,15-17H,7-8,13-14H2,1-6H3,(H,32,33)(H2,29,30,34). The molecule has 0 radical (unpaired) electrons. The van der Waals surface area contributed by atoms with Crippen molar-refractivity contribution < 1.29 is 23.8 Å². The molecule has 1 aromatic heterocycles. The van der Waals surface area contributed by atoms with Gasteiger partial charge < -0.3 is 25.4 Å². The molecule has 35 heavy (non-hydrogen) atoms. The number of carbonyl (C=O) groups excluding carboxylic acids is 1. The number of urea groups is 1. The van der Waals surface area contributed by atoms with Gasteiger partial charge in [0.05, 0.1) is 43.0 Å². The molecule has 0 fully saturated rings. The molecule has 0 spiro atoms. The van der Waals surface area contributed by atoms with Crippen molar-refractivity contribution in [2.45, 2.75) is 53.4 Å². The van der Waals surface area contributed by atoms with Crippen LogP contribution < -0.4 is 20.3 Å². The molecule has 2 rings (SSSR count). The van der Waals surface area contributed by atoms with Crippen LogP contribution in [0, 0.1) is 17.7 Å². The second-order valence-electron chi connectivity index (χ2n) is 9.32. The van der Waals surface area contributed by atoms with E-state index in [2.05, 4.69) is 48.3 Å². The van der Waals surface area contributed by atoms with Crippen LogP contribution in [-0.4, -0.2) is 47.3 Å². The van der Waals surface area contributed by atoms with Crippen LogP contribution in [0.4, 0.5) is 26.2 Å². The molecule has 2 aromatic rings. The third kappa shape index (κ3) is 8.38. The minimum Gasteiger partial charge on any atom is -0.481 e. The first-order valence-electron chi connectivity index (χ1n) is 11.8. The Balaban J connectivity index is 2.47. The number of nitrogens with one attached hydrogen (secondary N) is 2. The van der Waals surface area contributed by atoms with Crippen molar-refractivity contribution in [3.05, 3.63) is 35.9 Å². The second-order valence-corrected chi connectivity index (χ2v) is 9.32. The zero-order valence-corrected chi connectivity index (χ0v) is 21.3. The number of anilines is 3. The maximum Gasteiger partial charge on any atom is 0.323 e. The highest BCUT2D eigenvalue weighted by atomic mass is 19.1. The van der Waals surface area contributed by atoms with Gasteiger partial charge in [-0.1, -0.05) is 34.6 Å². The van der Waals surface area contributed by atoms with Crippen molar-refractivity contribution in [3.8, 4) is 6.01 Å². The number of carboxylic acid groups (broad SMARTS) is 1. The molecule has 1 aromatic carbocycles. The Morgan fingerprint density at radius 1 is 1.09 bits per heavy atom. The molecular formula is C25H36FN5O4. The third-order valence-electron chi connectivity index (χ3n) is 5.30. The Bertz CT molecular complexity index is 988. The molecule has 0 bridgehead atoms. The van der Waals surface area contributed by atoms with Gasteiger partial charge in [0.1, 0.15) is 5.82 Å². The van der Waals surface area contributed by atoms with Crippen LogP contribution in [0.2, 0.25) is 0 Å². The van der Waals surface area contributed by atoms with E-state index in [1.807, 2.05) is 11.8 Å². The van der Waals surface area contributed by atoms with E-state index in [0.29, 0.717) is 48.4 Å². The lowest BCUT2D eigenvalue weighted by atomic mass is 9.91. The molecule has 1 unspecified atom stereocenters. The average molecular weight is 490 g/mol. The Kier molecular flexibility index (Phi) is 10.2. The molecule has 0 aliphatic carbocycles. The van der Waals surface area contributed by atoms with Crippen LogP contribution in [0.15, 0.2) is 24.5 Å². The van der Waals surface area contributed by atoms with Crippen LogP contribution in [0.25, 0.3) is 0 Å². The SMILES string of the molecule is CCC(CC(=O)O)c1cc(NC(=O)Nc2cnc(OC)nc2)c(N(CC(C)C)CC(C)C)cc1F. The summed E-state index contributed by atoms with van der Waals surface area (Å²) in [4.78, 5) is 34.2. The summed E-state index contributed by atoms with van der Waals surface area (Å²) < 4.78 is 20.3. The number of benzene rings is 1. The minimum absolute atomic E-state index is 0.170. The molecule has 192 valence electrons. The van der Waals surface area contributed by atoms with E-state index in [0.717, 1.165) is 0 Å². The summed E-state index contributed by atoms with van der Waals surface area (Å²) in [6.45, 7) is 11.4. The average Bonchev–Trinajstić information content (AvgIpc) is 2.77. The molecule has 3 N–H and O–H groups in total. The first kappa shape index (κ1) is 27.8. The summed E-state index contributed by atoms with van der Waals surface area (Å²) in [7, 11) is 1.44. The molecule has 9 nitrogen and oxygen atoms in total. The van der Waals surface area contributed by atoms with E-state index in [-0.39, 0.29) is 18.0 Å². The van der Waals surface area contributed by atoms with Crippen molar-refractivity contribution in [1.29, 1.82) is 0 Å². The largest absolute Gasteiger partial charge is 0.481 e. The number of carboxylic acids is 1. The zero-order chi connectivity index (χ0) is 26.1. The van der Waals surface area contributed by atoms with Gasteiger partial charge in [0.2, 0.25) is 0 Å². The number of nitrogens with zero attached hydrogens (tertiary/aromatic N) is 3. The van der Waals surface area contributed by atoms with E-state index in [1.165, 1.54) is 25.6 Å². The van der Waals surface area contributed by atoms with Crippen LogP contribution in [0.3, 0.4) is 0 Å². The summed E-state index contributed by atoms with van der Waals surface area (Å²) in [5.74, 6) is -1.42. The summed E-state index contributed by atoms with van der Waals surface area (Å²) in [5, 5.41) is 14.8. The lowest BCUT2D eigenvalue weighted by Gasteiger charge is -2.31. The van der Waals surface area contributed by atoms with E-state index >= 15 is 4.39 Å². The minimum atomic E-state index is -1.01. The number of hydrogen-bond donors (Lipinski definition) is 3. The first-order chi connectivity index (χ1) is 16.5. The van der Waals surface area contributed by atoms with Gasteiger partial charge in [-0.25, -0.2) is 19.2 Å². The van der Waals surface area contributed by atoms with Crippen LogP contribution in [0.5, 0.6) is 6.01 Å². The fourth-order valence-corrected chi connectivity index (χ4v) is 3.86. The van der Waals surface area contributed by atoms with Gasteiger partial charge in [0, 0.05) is 13.1 Å². The van der Waals surface area contributed by atoms with Gasteiger partial charge in [0.15, 0.2) is 0 Å². The molecule has 0 saturated heterocycles. The summed E-state index contributed by atoms with van der Waals surface area (Å²) in [6, 6.07) is 2.57. The molecule has 1 atom stereocenters. The van der Waals surface area contributed by atoms with E-state index in [4.69, 9.17) is 4.74 Å². The smallest absolute Gasteiger partial charge is 0.323 e. The van der Waals surface area contributed by atoms with Gasteiger partial charge in [-0.2, -0.15) is 0 Å². The summed E-state index contributed by atoms with van der Waals surface area (Å²) >= 11 is 0. The summed E-state index contributed by atoms with van der Waals surface area (Å²) in [5.41, 5.74) is 1.56. The Morgan fingerprint density at radius 2 is 1.69 bits per heavy atom. The fraction of sp³-hybridized carbons (Fsp3) is 0.520. The van der Waals surface area contributed by atoms with Gasteiger partial charge in [0.25, 0.3) is 0 Å². The topological polar surface area (TPSA) is 117 Å². The molecule has 10 heteroatoms. The van der Waals surface area contributed by atoms with Gasteiger partial charge in [-0.15, -0.1) is 0 Å². The van der Waals surface area contributed by atoms with E-state index in [1.54, 1.807) is 6.07 Å². The maximum atomic E-state index is 15.3. The van der Waals surface area contributed by atoms with Crippen molar-refractivity contribution in [3.63, 3.8) is 0 Å². The van der Waals surface area contributed by atoms with Crippen molar-refractivity contribution in [1.82, 2.24) is 9.97 Å². The van der Waals surface area contributed by atoms with Gasteiger partial charge in [-0.05, 0) is 41.9 Å². The lowest BCUT2D eigenvalue weighted by Crippen LogP contribution is -2.33. The van der Waals surface area contributed by atoms with Gasteiger partial charge >= 0.3 is 18.0 Å². The fourth-order valence-electron chi connectivity index (χ4n) is 3.86. The van der Waals surface area contributed by atoms with Crippen LogP contribution in [0.1, 0.15) is 58.9 Å². The first-order valence-corrected chi connectivity index (χ1v) is 11.8. The third-order valence-corrected chi connectivity index (χ3v) is 5.30. The number of ether oxygens (including phenoxy) is 1. The quantitative estimate of drug-likeness (QED) is 0.368. The summed E-state index contributed by atoms with van der Waals surface area (Å²) in [6.07, 6.45) is 3.06. The predicted octanol–water partition coefficient (Wildman–Crippen LogP) is 5.36. The normalized spacial score (nSPS) is 11.9. The molecular weight excluding hydrogens is 453 g/mol. The van der Waals surface area contributed by atoms with E-state index in [9.17, 15) is 14.7 Å².